The van der Waals surface area contributed by atoms with Crippen LogP contribution in [0.2, 0.25) is 0 Å². The van der Waals surface area contributed by atoms with E-state index < -0.39 is 5.63 Å². The van der Waals surface area contributed by atoms with E-state index in [2.05, 4.69) is 5.32 Å². The Morgan fingerprint density at radius 1 is 1.03 bits per heavy atom. The zero-order chi connectivity index (χ0) is 22.1. The third-order valence-corrected chi connectivity index (χ3v) is 6.14. The summed E-state index contributed by atoms with van der Waals surface area (Å²) in [6, 6.07) is 21.7. The second kappa shape index (κ2) is 8.28. The Morgan fingerprint density at radius 3 is 2.66 bits per heavy atom. The Labute approximate surface area is 187 Å². The highest BCUT2D eigenvalue weighted by Crippen LogP contribution is 2.30. The first-order valence-corrected chi connectivity index (χ1v) is 10.8. The molecule has 2 heterocycles. The maximum absolute atomic E-state index is 13.0. The molecule has 0 unspecified atom stereocenters. The number of rotatable bonds is 5. The van der Waals surface area contributed by atoms with Gasteiger partial charge in [0, 0.05) is 17.9 Å². The van der Waals surface area contributed by atoms with Crippen LogP contribution >= 0.6 is 11.3 Å². The number of methoxy groups -OCH3 is 1. The summed E-state index contributed by atoms with van der Waals surface area (Å²) in [5.41, 5.74) is 2.54. The quantitative estimate of drug-likeness (QED) is 0.376. The minimum atomic E-state index is -0.498. The molecule has 5 aromatic rings. The largest absolute Gasteiger partial charge is 0.497 e. The van der Waals surface area contributed by atoms with Gasteiger partial charge in [-0.15, -0.1) is 11.3 Å². The van der Waals surface area contributed by atoms with Crippen LogP contribution in [0.25, 0.3) is 21.2 Å². The number of amides is 1. The van der Waals surface area contributed by atoms with Crippen LogP contribution in [0, 0.1) is 0 Å². The Kier molecular flexibility index (Phi) is 5.17. The Morgan fingerprint density at radius 2 is 1.84 bits per heavy atom. The summed E-state index contributed by atoms with van der Waals surface area (Å²) in [4.78, 5) is 29.5. The van der Waals surface area contributed by atoms with Crippen molar-refractivity contribution in [3.63, 3.8) is 0 Å². The fourth-order valence-corrected chi connectivity index (χ4v) is 4.58. The number of carbonyl (C=O) groups excluding carboxylic acids is 1. The van der Waals surface area contributed by atoms with Crippen molar-refractivity contribution < 1.29 is 13.9 Å². The van der Waals surface area contributed by atoms with Gasteiger partial charge >= 0.3 is 5.63 Å². The zero-order valence-electron chi connectivity index (χ0n) is 17.1. The van der Waals surface area contributed by atoms with Crippen molar-refractivity contribution in [2.75, 3.05) is 12.4 Å². The predicted octanol–water partition coefficient (Wildman–Crippen LogP) is 5.25. The zero-order valence-corrected chi connectivity index (χ0v) is 17.9. The molecule has 6 nitrogen and oxygen atoms in total. The Balaban J connectivity index is 1.45. The van der Waals surface area contributed by atoms with Gasteiger partial charge in [0.15, 0.2) is 5.58 Å². The molecule has 1 N–H and O–H groups in total. The first-order valence-electron chi connectivity index (χ1n) is 9.96. The lowest BCUT2D eigenvalue weighted by atomic mass is 10.1. The van der Waals surface area contributed by atoms with E-state index in [1.54, 1.807) is 42.7 Å². The molecule has 2 aromatic heterocycles. The lowest BCUT2D eigenvalue weighted by Gasteiger charge is -2.07. The van der Waals surface area contributed by atoms with Gasteiger partial charge in [0.05, 0.1) is 28.1 Å². The molecule has 0 spiro atoms. The second-order valence-corrected chi connectivity index (χ2v) is 8.33. The van der Waals surface area contributed by atoms with Crippen molar-refractivity contribution in [3.05, 3.63) is 99.4 Å². The lowest BCUT2D eigenvalue weighted by molar-refractivity contribution is 0.102. The molecule has 0 radical (unpaired) electrons. The van der Waals surface area contributed by atoms with E-state index in [-0.39, 0.29) is 11.5 Å². The van der Waals surface area contributed by atoms with Crippen molar-refractivity contribution in [1.29, 1.82) is 0 Å². The van der Waals surface area contributed by atoms with Gasteiger partial charge in [0.2, 0.25) is 0 Å². The number of hydrogen-bond donors (Lipinski definition) is 1. The Bertz CT molecular complexity index is 1500. The van der Waals surface area contributed by atoms with Gasteiger partial charge < -0.3 is 14.5 Å². The third-order valence-electron chi connectivity index (χ3n) is 5.12. The van der Waals surface area contributed by atoms with E-state index in [4.69, 9.17) is 14.1 Å². The minimum absolute atomic E-state index is 0.267. The van der Waals surface area contributed by atoms with Gasteiger partial charge in [-0.05, 0) is 42.0 Å². The highest BCUT2D eigenvalue weighted by atomic mass is 32.1. The van der Waals surface area contributed by atoms with Crippen molar-refractivity contribution in [2.24, 2.45) is 0 Å². The number of nitrogens with zero attached hydrogens (tertiary/aromatic N) is 1. The molecule has 158 valence electrons. The van der Waals surface area contributed by atoms with E-state index in [0.29, 0.717) is 23.1 Å². The number of ether oxygens (including phenoxy) is 1. The maximum atomic E-state index is 13.0. The molecule has 0 atom stereocenters. The van der Waals surface area contributed by atoms with E-state index in [0.717, 1.165) is 26.5 Å². The fraction of sp³-hybridized carbons (Fsp3) is 0.0800. The highest BCUT2D eigenvalue weighted by Gasteiger charge is 2.16. The van der Waals surface area contributed by atoms with Crippen molar-refractivity contribution in [2.45, 2.75) is 6.42 Å². The molecule has 32 heavy (non-hydrogen) atoms. The molecule has 7 heteroatoms. The smallest absolute Gasteiger partial charge is 0.336 e. The third kappa shape index (κ3) is 3.86. The van der Waals surface area contributed by atoms with Gasteiger partial charge in [-0.2, -0.15) is 0 Å². The number of thiazole rings is 1. The molecule has 1 amide bonds. The first-order chi connectivity index (χ1) is 15.6. The normalized spacial score (nSPS) is 11.0. The van der Waals surface area contributed by atoms with Crippen molar-refractivity contribution in [3.8, 4) is 5.75 Å². The molecule has 0 bridgehead atoms. The summed E-state index contributed by atoms with van der Waals surface area (Å²) >= 11 is 1.59. The summed E-state index contributed by atoms with van der Waals surface area (Å²) in [7, 11) is 1.64. The SMILES string of the molecule is COc1ccc(Cc2nc3c(NC(=O)c4cccc5ccc(=O)oc45)cccc3s2)cc1. The number of aromatic nitrogens is 1. The average molecular weight is 442 g/mol. The number of fused-ring (bicyclic) bond motifs is 2. The topological polar surface area (TPSA) is 81.4 Å². The van der Waals surface area contributed by atoms with Crippen LogP contribution in [0.4, 0.5) is 5.69 Å². The van der Waals surface area contributed by atoms with Crippen molar-refractivity contribution >= 4 is 44.1 Å². The molecule has 0 aliphatic rings. The Hall–Kier alpha value is -3.97. The van der Waals surface area contributed by atoms with Crippen molar-refractivity contribution in [1.82, 2.24) is 4.98 Å². The van der Waals surface area contributed by atoms with Gasteiger partial charge in [-0.25, -0.2) is 9.78 Å². The monoisotopic (exact) mass is 442 g/mol. The number of para-hydroxylation sites is 2. The summed E-state index contributed by atoms with van der Waals surface area (Å²) in [5.74, 6) is 0.453. The number of nitrogens with one attached hydrogen (secondary N) is 1. The summed E-state index contributed by atoms with van der Waals surface area (Å²) in [6.45, 7) is 0. The summed E-state index contributed by atoms with van der Waals surface area (Å²) in [6.07, 6.45) is 0.686. The van der Waals surface area contributed by atoms with Crippen LogP contribution in [0.1, 0.15) is 20.9 Å². The predicted molar refractivity (Wildman–Crippen MR) is 126 cm³/mol. The van der Waals surface area contributed by atoms with Crippen LogP contribution in [-0.4, -0.2) is 18.0 Å². The highest BCUT2D eigenvalue weighted by molar-refractivity contribution is 7.18. The van der Waals surface area contributed by atoms with Crippen LogP contribution in [0.5, 0.6) is 5.75 Å². The van der Waals surface area contributed by atoms with E-state index in [1.807, 2.05) is 42.5 Å². The summed E-state index contributed by atoms with van der Waals surface area (Å²) in [5, 5.41) is 4.57. The molecular weight excluding hydrogens is 424 g/mol. The molecule has 0 aliphatic heterocycles. The van der Waals surface area contributed by atoms with E-state index in [9.17, 15) is 9.59 Å². The number of benzene rings is 3. The molecule has 0 aliphatic carbocycles. The van der Waals surface area contributed by atoms with Gasteiger partial charge in [-0.3, -0.25) is 4.79 Å². The number of carbonyl (C=O) groups is 1. The van der Waals surface area contributed by atoms with Crippen LogP contribution in [0.3, 0.4) is 0 Å². The van der Waals surface area contributed by atoms with Crippen LogP contribution in [0.15, 0.2) is 82.0 Å². The maximum Gasteiger partial charge on any atom is 0.336 e. The second-order valence-electron chi connectivity index (χ2n) is 7.22. The van der Waals surface area contributed by atoms with Gasteiger partial charge in [0.1, 0.15) is 11.3 Å². The van der Waals surface area contributed by atoms with E-state index in [1.165, 1.54) is 6.07 Å². The number of anilines is 1. The molecule has 0 fully saturated rings. The average Bonchev–Trinajstić information content (AvgIpc) is 3.22. The minimum Gasteiger partial charge on any atom is -0.497 e. The van der Waals surface area contributed by atoms with Gasteiger partial charge in [-0.1, -0.05) is 30.3 Å². The molecule has 0 saturated carbocycles. The standard InChI is InChI=1S/C25H18N2O4S/c1-30-17-11-8-15(9-12-17)14-21-27-23-19(6-3-7-20(23)32-21)26-25(29)18-5-2-4-16-10-13-22(28)31-24(16)18/h2-13H,14H2,1H3,(H,26,29). The first kappa shape index (κ1) is 20.0. The van der Waals surface area contributed by atoms with Crippen LogP contribution in [-0.2, 0) is 6.42 Å². The van der Waals surface area contributed by atoms with Gasteiger partial charge in [0.25, 0.3) is 5.91 Å². The lowest BCUT2D eigenvalue weighted by Crippen LogP contribution is -2.13. The molecule has 3 aromatic carbocycles. The molecular formula is C25H18N2O4S. The molecule has 5 rings (SSSR count). The fourth-order valence-electron chi connectivity index (χ4n) is 3.55. The molecule has 0 saturated heterocycles. The van der Waals surface area contributed by atoms with Crippen LogP contribution < -0.4 is 15.7 Å². The number of hydrogen-bond acceptors (Lipinski definition) is 6. The van der Waals surface area contributed by atoms with E-state index >= 15 is 0 Å². The summed E-state index contributed by atoms with van der Waals surface area (Å²) < 4.78 is 11.5.